The van der Waals surface area contributed by atoms with E-state index in [-0.39, 0.29) is 37.2 Å². The molecule has 2 fully saturated rings. The number of Topliss-reactive ketones (excluding diaryl/α,β-unsaturated/α-hetero) is 1. The van der Waals surface area contributed by atoms with Crippen LogP contribution < -0.4 is 10.6 Å². The Balaban J connectivity index is 2.02. The van der Waals surface area contributed by atoms with Crippen molar-refractivity contribution >= 4 is 17.7 Å². The second-order valence-corrected chi connectivity index (χ2v) is 4.90. The first kappa shape index (κ1) is 13.7. The summed E-state index contributed by atoms with van der Waals surface area (Å²) in [6.07, 6.45) is 2.32. The summed E-state index contributed by atoms with van der Waals surface area (Å²) in [5, 5.41) is 5.54. The van der Waals surface area contributed by atoms with Gasteiger partial charge in [0.15, 0.2) is 0 Å². The number of amides is 1. The molecule has 1 saturated carbocycles. The quantitative estimate of drug-likeness (QED) is 0.519. The van der Waals surface area contributed by atoms with Gasteiger partial charge in [-0.2, -0.15) is 0 Å². The van der Waals surface area contributed by atoms with Gasteiger partial charge in [-0.25, -0.2) is 4.79 Å². The second-order valence-electron chi connectivity index (χ2n) is 4.90. The van der Waals surface area contributed by atoms with Gasteiger partial charge in [0.1, 0.15) is 11.3 Å². The number of hydrogen-bond donors (Lipinski definition) is 2. The van der Waals surface area contributed by atoms with Crippen molar-refractivity contribution in [3.63, 3.8) is 0 Å². The van der Waals surface area contributed by atoms with E-state index in [0.717, 1.165) is 0 Å². The summed E-state index contributed by atoms with van der Waals surface area (Å²) < 4.78 is 5.00. The van der Waals surface area contributed by atoms with Crippen molar-refractivity contribution in [2.45, 2.75) is 31.3 Å². The first-order valence-electron chi connectivity index (χ1n) is 6.40. The Hall–Kier alpha value is -1.69. The van der Waals surface area contributed by atoms with Crippen molar-refractivity contribution in [1.82, 2.24) is 10.6 Å². The number of carbonyl (C=O) groups is 3. The van der Waals surface area contributed by atoms with E-state index >= 15 is 0 Å². The lowest BCUT2D eigenvalue weighted by molar-refractivity contribution is -0.149. The second kappa shape index (κ2) is 5.13. The van der Waals surface area contributed by atoms with Crippen LogP contribution >= 0.6 is 0 Å². The first-order chi connectivity index (χ1) is 9.03. The normalized spacial score (nSPS) is 32.8. The van der Waals surface area contributed by atoms with E-state index in [1.807, 2.05) is 0 Å². The molecule has 0 aromatic rings. The molecule has 0 spiro atoms. The molecular weight excluding hydrogens is 248 g/mol. The molecule has 19 heavy (non-hydrogen) atoms. The fourth-order valence-electron chi connectivity index (χ4n) is 2.36. The largest absolute Gasteiger partial charge is 0.464 e. The maximum Gasteiger partial charge on any atom is 0.332 e. The smallest absolute Gasteiger partial charge is 0.332 e. The molecule has 1 aliphatic carbocycles. The van der Waals surface area contributed by atoms with Crippen LogP contribution in [0.5, 0.6) is 0 Å². The highest BCUT2D eigenvalue weighted by molar-refractivity contribution is 5.97. The van der Waals surface area contributed by atoms with Gasteiger partial charge < -0.3 is 10.1 Å². The molecule has 1 amide bonds. The summed E-state index contributed by atoms with van der Waals surface area (Å²) in [5.74, 6) is -0.866. The van der Waals surface area contributed by atoms with Crippen molar-refractivity contribution in [2.75, 3.05) is 13.2 Å². The van der Waals surface area contributed by atoms with Crippen molar-refractivity contribution in [3.8, 4) is 0 Å². The fraction of sp³-hybridized carbons (Fsp3) is 0.615. The van der Waals surface area contributed by atoms with E-state index in [2.05, 4.69) is 17.2 Å². The zero-order chi connectivity index (χ0) is 14.0. The minimum atomic E-state index is -0.984. The Bertz CT molecular complexity index is 434. The lowest BCUT2D eigenvalue weighted by Crippen LogP contribution is -2.51. The average Bonchev–Trinajstić information content (AvgIpc) is 2.92. The van der Waals surface area contributed by atoms with E-state index in [1.165, 1.54) is 0 Å². The summed E-state index contributed by atoms with van der Waals surface area (Å²) in [6.45, 7) is 5.83. The van der Waals surface area contributed by atoms with Gasteiger partial charge in [-0.3, -0.25) is 14.9 Å². The first-order valence-corrected chi connectivity index (χ1v) is 6.40. The van der Waals surface area contributed by atoms with Crippen LogP contribution in [0.1, 0.15) is 19.8 Å². The predicted octanol–water partition coefficient (Wildman–Crippen LogP) is -0.459. The van der Waals surface area contributed by atoms with Crippen LogP contribution in [0.4, 0.5) is 0 Å². The van der Waals surface area contributed by atoms with Crippen LogP contribution in [-0.4, -0.2) is 42.4 Å². The van der Waals surface area contributed by atoms with Crippen LogP contribution in [0.25, 0.3) is 0 Å². The summed E-state index contributed by atoms with van der Waals surface area (Å²) in [7, 11) is 0. The molecule has 1 aliphatic heterocycles. The Morgan fingerprint density at radius 3 is 2.84 bits per heavy atom. The lowest BCUT2D eigenvalue weighted by Gasteiger charge is -2.19. The van der Waals surface area contributed by atoms with Crippen molar-refractivity contribution in [1.29, 1.82) is 0 Å². The van der Waals surface area contributed by atoms with Gasteiger partial charge in [0.2, 0.25) is 5.91 Å². The highest BCUT2D eigenvalue weighted by atomic mass is 16.5. The van der Waals surface area contributed by atoms with E-state index in [0.29, 0.717) is 6.42 Å². The molecule has 0 aromatic heterocycles. The minimum absolute atomic E-state index is 0.00130. The van der Waals surface area contributed by atoms with Crippen LogP contribution in [0.15, 0.2) is 12.7 Å². The predicted molar refractivity (Wildman–Crippen MR) is 67.2 cm³/mol. The van der Waals surface area contributed by atoms with Crippen molar-refractivity contribution < 1.29 is 19.1 Å². The molecule has 6 nitrogen and oxygen atoms in total. The molecule has 0 aromatic carbocycles. The van der Waals surface area contributed by atoms with E-state index in [1.54, 1.807) is 13.0 Å². The summed E-state index contributed by atoms with van der Waals surface area (Å²) in [4.78, 5) is 35.1. The molecule has 2 rings (SSSR count). The summed E-state index contributed by atoms with van der Waals surface area (Å²) in [5.41, 5.74) is -0.984. The highest BCUT2D eigenvalue weighted by Gasteiger charge is 2.61. The topological polar surface area (TPSA) is 84.5 Å². The maximum absolute atomic E-state index is 12.0. The van der Waals surface area contributed by atoms with Gasteiger partial charge in [-0.15, -0.1) is 6.58 Å². The Morgan fingerprint density at radius 2 is 2.37 bits per heavy atom. The third-order valence-electron chi connectivity index (χ3n) is 3.58. The zero-order valence-electron chi connectivity index (χ0n) is 10.9. The Kier molecular flexibility index (Phi) is 3.71. The van der Waals surface area contributed by atoms with Crippen LogP contribution in [-0.2, 0) is 19.1 Å². The minimum Gasteiger partial charge on any atom is -0.464 e. The number of nitrogens with one attached hydrogen (secondary N) is 2. The molecule has 0 bridgehead atoms. The maximum atomic E-state index is 12.0. The molecule has 0 unspecified atom stereocenters. The molecule has 6 heteroatoms. The molecular formula is C13H18N2O4. The van der Waals surface area contributed by atoms with Crippen LogP contribution in [0, 0.1) is 5.92 Å². The molecule has 104 valence electrons. The van der Waals surface area contributed by atoms with Crippen LogP contribution in [0.3, 0.4) is 0 Å². The van der Waals surface area contributed by atoms with Gasteiger partial charge in [0, 0.05) is 12.3 Å². The molecule has 2 aliphatic rings. The van der Waals surface area contributed by atoms with Gasteiger partial charge in [0.25, 0.3) is 0 Å². The monoisotopic (exact) mass is 266 g/mol. The van der Waals surface area contributed by atoms with Crippen molar-refractivity contribution in [2.24, 2.45) is 5.92 Å². The number of hydrogen-bond acceptors (Lipinski definition) is 5. The summed E-state index contributed by atoms with van der Waals surface area (Å²) >= 11 is 0. The summed E-state index contributed by atoms with van der Waals surface area (Å²) in [6, 6.07) is -0.551. The highest BCUT2D eigenvalue weighted by Crippen LogP contribution is 2.45. The molecule has 1 saturated heterocycles. The van der Waals surface area contributed by atoms with Gasteiger partial charge >= 0.3 is 5.97 Å². The van der Waals surface area contributed by atoms with E-state index in [4.69, 9.17) is 4.74 Å². The number of ether oxygens (including phenoxy) is 1. The average molecular weight is 266 g/mol. The molecule has 0 radical (unpaired) electrons. The number of ketones is 1. The standard InChI is InChI=1S/C13H18N2O4/c1-3-8-6-13(8,12(18)19-4-2)15-11(17)10-5-9(16)7-14-10/h3,8,10,14H,1,4-7H2,2H3,(H,15,17)/t8-,10+,13-/m1/s1. The van der Waals surface area contributed by atoms with E-state index in [9.17, 15) is 14.4 Å². The van der Waals surface area contributed by atoms with Gasteiger partial charge in [-0.05, 0) is 13.3 Å². The Morgan fingerprint density at radius 1 is 1.63 bits per heavy atom. The van der Waals surface area contributed by atoms with Crippen molar-refractivity contribution in [3.05, 3.63) is 12.7 Å². The zero-order valence-corrected chi connectivity index (χ0v) is 10.9. The third-order valence-corrected chi connectivity index (χ3v) is 3.58. The number of carbonyl (C=O) groups excluding carboxylic acids is 3. The SMILES string of the molecule is C=C[C@@H]1C[C@]1(NC(=O)[C@@H]1CC(=O)CN1)C(=O)OCC. The Labute approximate surface area is 111 Å². The molecule has 2 N–H and O–H groups in total. The van der Waals surface area contributed by atoms with E-state index < -0.39 is 17.6 Å². The van der Waals surface area contributed by atoms with Crippen LogP contribution in [0.2, 0.25) is 0 Å². The lowest BCUT2D eigenvalue weighted by atomic mass is 10.1. The van der Waals surface area contributed by atoms with Gasteiger partial charge in [-0.1, -0.05) is 6.08 Å². The molecule has 3 atom stereocenters. The molecule has 1 heterocycles. The van der Waals surface area contributed by atoms with Gasteiger partial charge in [0.05, 0.1) is 19.2 Å². The third kappa shape index (κ3) is 2.53. The number of esters is 1. The number of rotatable bonds is 5. The fourth-order valence-corrected chi connectivity index (χ4v) is 2.36.